The molecule has 0 aliphatic carbocycles. The van der Waals surface area contributed by atoms with Crippen LogP contribution in [0.1, 0.15) is 11.3 Å². The summed E-state index contributed by atoms with van der Waals surface area (Å²) in [5.41, 5.74) is 0.826. The summed E-state index contributed by atoms with van der Waals surface area (Å²) >= 11 is 0. The first-order valence-electron chi connectivity index (χ1n) is 7.65. The van der Waals surface area contributed by atoms with Gasteiger partial charge in [-0.25, -0.2) is 18.1 Å². The second-order valence-electron chi connectivity index (χ2n) is 5.47. The SMILES string of the molecule is O=S(=O)(NCc1cnc(-c2ccccc2)cn1)c1ccc(C(F)(F)F)cn1. The fourth-order valence-corrected chi connectivity index (χ4v) is 3.08. The van der Waals surface area contributed by atoms with Crippen molar-refractivity contribution in [2.24, 2.45) is 0 Å². The summed E-state index contributed by atoms with van der Waals surface area (Å²) < 4.78 is 64.1. The Morgan fingerprint density at radius 3 is 2.19 bits per heavy atom. The Balaban J connectivity index is 1.68. The van der Waals surface area contributed by atoms with Crippen LogP contribution in [0.25, 0.3) is 11.3 Å². The molecule has 1 aromatic carbocycles. The number of nitrogens with zero attached hydrogens (tertiary/aromatic N) is 3. The minimum atomic E-state index is -4.58. The van der Waals surface area contributed by atoms with Crippen LogP contribution >= 0.6 is 0 Å². The normalized spacial score (nSPS) is 12.1. The van der Waals surface area contributed by atoms with Crippen molar-refractivity contribution in [2.45, 2.75) is 17.7 Å². The molecule has 27 heavy (non-hydrogen) atoms. The van der Waals surface area contributed by atoms with E-state index in [0.29, 0.717) is 23.7 Å². The molecular weight excluding hydrogens is 381 g/mol. The fourth-order valence-electron chi connectivity index (χ4n) is 2.15. The van der Waals surface area contributed by atoms with Gasteiger partial charge >= 0.3 is 6.18 Å². The zero-order valence-electron chi connectivity index (χ0n) is 13.7. The lowest BCUT2D eigenvalue weighted by Gasteiger charge is -2.08. The number of halogens is 3. The first-order chi connectivity index (χ1) is 12.8. The molecule has 2 aromatic heterocycles. The van der Waals surface area contributed by atoms with E-state index in [4.69, 9.17) is 0 Å². The molecule has 0 amide bonds. The van der Waals surface area contributed by atoms with E-state index in [1.165, 1.54) is 12.4 Å². The molecule has 0 radical (unpaired) electrons. The summed E-state index contributed by atoms with van der Waals surface area (Å²) in [5, 5.41) is -0.510. The van der Waals surface area contributed by atoms with Crippen LogP contribution in [-0.2, 0) is 22.7 Å². The highest BCUT2D eigenvalue weighted by atomic mass is 32.2. The van der Waals surface area contributed by atoms with Crippen molar-refractivity contribution in [3.63, 3.8) is 0 Å². The van der Waals surface area contributed by atoms with Gasteiger partial charge in [0.05, 0.1) is 35.9 Å². The Hall–Kier alpha value is -2.85. The number of rotatable bonds is 5. The average Bonchev–Trinajstić information content (AvgIpc) is 2.67. The molecule has 1 N–H and O–H groups in total. The Bertz CT molecular complexity index is 1010. The minimum absolute atomic E-state index is 0.174. The van der Waals surface area contributed by atoms with Crippen LogP contribution in [0, 0.1) is 0 Å². The van der Waals surface area contributed by atoms with Gasteiger partial charge in [0.25, 0.3) is 10.0 Å². The summed E-state index contributed by atoms with van der Waals surface area (Å²) in [6.45, 7) is -0.174. The Kier molecular flexibility index (Phi) is 5.19. The highest BCUT2D eigenvalue weighted by Crippen LogP contribution is 2.28. The third-order valence-electron chi connectivity index (χ3n) is 3.56. The van der Waals surface area contributed by atoms with Crippen LogP contribution < -0.4 is 4.72 Å². The molecule has 6 nitrogen and oxygen atoms in total. The molecule has 3 rings (SSSR count). The lowest BCUT2D eigenvalue weighted by Crippen LogP contribution is -2.25. The lowest BCUT2D eigenvalue weighted by molar-refractivity contribution is -0.137. The number of nitrogens with one attached hydrogen (secondary N) is 1. The summed E-state index contributed by atoms with van der Waals surface area (Å²) in [7, 11) is -4.08. The second-order valence-corrected chi connectivity index (χ2v) is 7.18. The smallest absolute Gasteiger partial charge is 0.256 e. The maximum Gasteiger partial charge on any atom is 0.417 e. The van der Waals surface area contributed by atoms with Crippen LogP contribution in [0.4, 0.5) is 13.2 Å². The van der Waals surface area contributed by atoms with Crippen LogP contribution in [-0.4, -0.2) is 23.4 Å². The highest BCUT2D eigenvalue weighted by molar-refractivity contribution is 7.89. The van der Waals surface area contributed by atoms with Gasteiger partial charge < -0.3 is 0 Å². The number of benzene rings is 1. The molecule has 3 aromatic rings. The molecule has 0 aliphatic rings. The Morgan fingerprint density at radius 2 is 1.63 bits per heavy atom. The van der Waals surface area contributed by atoms with Gasteiger partial charge in [-0.15, -0.1) is 0 Å². The molecule has 2 heterocycles. The van der Waals surface area contributed by atoms with Crippen LogP contribution in [0.5, 0.6) is 0 Å². The van der Waals surface area contributed by atoms with Crippen molar-refractivity contribution in [3.8, 4) is 11.3 Å². The third-order valence-corrected chi connectivity index (χ3v) is 4.87. The van der Waals surface area contributed by atoms with Gasteiger partial charge in [0, 0.05) is 11.8 Å². The van der Waals surface area contributed by atoms with Gasteiger partial charge in [-0.05, 0) is 12.1 Å². The van der Waals surface area contributed by atoms with Crippen molar-refractivity contribution >= 4 is 10.0 Å². The summed E-state index contributed by atoms with van der Waals surface area (Å²) in [6.07, 6.45) is -1.18. The number of pyridine rings is 1. The summed E-state index contributed by atoms with van der Waals surface area (Å²) in [6, 6.07) is 10.8. The quantitative estimate of drug-likeness (QED) is 0.719. The molecule has 0 saturated heterocycles. The highest BCUT2D eigenvalue weighted by Gasteiger charge is 2.31. The monoisotopic (exact) mass is 394 g/mol. The second kappa shape index (κ2) is 7.41. The van der Waals surface area contributed by atoms with Crippen molar-refractivity contribution in [1.29, 1.82) is 0 Å². The van der Waals surface area contributed by atoms with Gasteiger partial charge in [0.15, 0.2) is 5.03 Å². The Labute approximate surface area is 153 Å². The average molecular weight is 394 g/mol. The standard InChI is InChI=1S/C17H13F3N4O2S/c18-17(19,20)13-6-7-16(23-8-13)27(25,26)24-10-14-9-22-15(11-21-14)12-4-2-1-3-5-12/h1-9,11,24H,10H2. The number of hydrogen-bond donors (Lipinski definition) is 1. The molecule has 0 saturated carbocycles. The third kappa shape index (κ3) is 4.66. The fraction of sp³-hybridized carbons (Fsp3) is 0.118. The number of alkyl halides is 3. The van der Waals surface area contributed by atoms with Gasteiger partial charge in [-0.1, -0.05) is 30.3 Å². The zero-order chi connectivity index (χ0) is 19.5. The predicted octanol–water partition coefficient (Wildman–Crippen LogP) is 3.04. The van der Waals surface area contributed by atoms with Crippen molar-refractivity contribution in [3.05, 3.63) is 72.3 Å². The number of aromatic nitrogens is 3. The largest absolute Gasteiger partial charge is 0.417 e. The molecular formula is C17H13F3N4O2S. The van der Waals surface area contributed by atoms with E-state index in [9.17, 15) is 21.6 Å². The predicted molar refractivity (Wildman–Crippen MR) is 90.7 cm³/mol. The first-order valence-corrected chi connectivity index (χ1v) is 9.13. The van der Waals surface area contributed by atoms with E-state index in [2.05, 4.69) is 19.7 Å². The van der Waals surface area contributed by atoms with Crippen molar-refractivity contribution in [1.82, 2.24) is 19.7 Å². The number of sulfonamides is 1. The van der Waals surface area contributed by atoms with Gasteiger partial charge in [-0.3, -0.25) is 9.97 Å². The first kappa shape index (κ1) is 18.9. The van der Waals surface area contributed by atoms with E-state index >= 15 is 0 Å². The molecule has 0 unspecified atom stereocenters. The topological polar surface area (TPSA) is 84.8 Å². The molecule has 0 atom stereocenters. The van der Waals surface area contributed by atoms with Gasteiger partial charge in [-0.2, -0.15) is 13.2 Å². The van der Waals surface area contributed by atoms with Crippen LogP contribution in [0.15, 0.2) is 66.1 Å². The van der Waals surface area contributed by atoms with Crippen LogP contribution in [0.2, 0.25) is 0 Å². The molecule has 0 spiro atoms. The van der Waals surface area contributed by atoms with Crippen molar-refractivity contribution in [2.75, 3.05) is 0 Å². The molecule has 0 aliphatic heterocycles. The van der Waals surface area contributed by atoms with Gasteiger partial charge in [0.2, 0.25) is 0 Å². The maximum atomic E-state index is 12.5. The maximum absolute atomic E-state index is 12.5. The molecule has 140 valence electrons. The summed E-state index contributed by atoms with van der Waals surface area (Å²) in [4.78, 5) is 11.7. The van der Waals surface area contributed by atoms with Crippen molar-refractivity contribution < 1.29 is 21.6 Å². The molecule has 0 bridgehead atoms. The van der Waals surface area contributed by atoms with E-state index in [0.717, 1.165) is 11.6 Å². The number of hydrogen-bond acceptors (Lipinski definition) is 5. The van der Waals surface area contributed by atoms with E-state index in [1.54, 1.807) is 0 Å². The zero-order valence-corrected chi connectivity index (χ0v) is 14.5. The van der Waals surface area contributed by atoms with E-state index in [1.807, 2.05) is 30.3 Å². The van der Waals surface area contributed by atoms with E-state index in [-0.39, 0.29) is 6.54 Å². The Morgan fingerprint density at radius 1 is 0.889 bits per heavy atom. The molecule has 10 heteroatoms. The minimum Gasteiger partial charge on any atom is -0.256 e. The van der Waals surface area contributed by atoms with Crippen LogP contribution in [0.3, 0.4) is 0 Å². The van der Waals surface area contributed by atoms with Gasteiger partial charge in [0.1, 0.15) is 0 Å². The lowest BCUT2D eigenvalue weighted by atomic mass is 10.2. The summed E-state index contributed by atoms with van der Waals surface area (Å²) in [5.74, 6) is 0. The molecule has 0 fully saturated rings. The van der Waals surface area contributed by atoms with E-state index < -0.39 is 26.8 Å².